The smallest absolute Gasteiger partial charge is 0.403 e. The van der Waals surface area contributed by atoms with Crippen LogP contribution in [0.25, 0.3) is 21.8 Å². The minimum absolute atomic E-state index is 0.0181. The third-order valence-electron chi connectivity index (χ3n) is 10.5. The topological polar surface area (TPSA) is 233 Å². The molecule has 0 fully saturated rings. The van der Waals surface area contributed by atoms with E-state index in [1.54, 1.807) is 12.1 Å². The van der Waals surface area contributed by atoms with Gasteiger partial charge in [0.05, 0.1) is 24.2 Å². The molecule has 0 spiro atoms. The van der Waals surface area contributed by atoms with Crippen molar-refractivity contribution in [1.82, 2.24) is 36.1 Å². The van der Waals surface area contributed by atoms with Crippen LogP contribution in [-0.2, 0) is 41.1 Å². The van der Waals surface area contributed by atoms with Crippen molar-refractivity contribution in [3.63, 3.8) is 0 Å². The van der Waals surface area contributed by atoms with E-state index in [1.165, 1.54) is 31.8 Å². The van der Waals surface area contributed by atoms with Gasteiger partial charge in [-0.3, -0.25) is 28.6 Å². The van der Waals surface area contributed by atoms with Gasteiger partial charge in [-0.1, -0.05) is 93.7 Å². The Morgan fingerprint density at radius 1 is 0.797 bits per heavy atom. The quantitative estimate of drug-likeness (QED) is 0.0233. The van der Waals surface area contributed by atoms with Crippen molar-refractivity contribution in [2.24, 2.45) is 5.73 Å². The highest BCUT2D eigenvalue weighted by atomic mass is 35.5. The molecule has 3 aromatic carbocycles. The highest BCUT2D eigenvalue weighted by Crippen LogP contribution is 2.45. The Bertz CT molecular complexity index is 2240. The fourth-order valence-corrected chi connectivity index (χ4v) is 7.87. The fourth-order valence-electron chi connectivity index (χ4n) is 6.82. The zero-order valence-electron chi connectivity index (χ0n) is 37.0. The summed E-state index contributed by atoms with van der Waals surface area (Å²) in [4.78, 5) is 70.1. The van der Waals surface area contributed by atoms with Crippen molar-refractivity contribution in [1.29, 1.82) is 0 Å². The van der Waals surface area contributed by atoms with Crippen LogP contribution in [0.2, 0.25) is 5.02 Å². The van der Waals surface area contributed by atoms with Gasteiger partial charge in [0.2, 0.25) is 23.6 Å². The Labute approximate surface area is 380 Å². The molecule has 64 heavy (non-hydrogen) atoms. The summed E-state index contributed by atoms with van der Waals surface area (Å²) in [5, 5.41) is 13.2. The van der Waals surface area contributed by atoms with Crippen LogP contribution in [0.15, 0.2) is 85.1 Å². The van der Waals surface area contributed by atoms with Crippen molar-refractivity contribution in [3.05, 3.63) is 101 Å². The SMILES string of the molecule is CCN(CC)CC.N[C@@H](Cc1cc2ccccc2[nH]1)C(=O)N[C@H](Cc1c[nH]c2ccccc12)C(=O)NCCCC(=O)NCC(=O)NCCCCCCOP(=O)(O)Oc1ccccc1Cl. The van der Waals surface area contributed by atoms with E-state index in [-0.39, 0.29) is 61.5 Å². The first-order chi connectivity index (χ1) is 30.8. The molecule has 0 saturated carbocycles. The molecule has 0 aliphatic carbocycles. The number of nitrogens with one attached hydrogen (secondary N) is 6. The Morgan fingerprint density at radius 2 is 1.47 bits per heavy atom. The van der Waals surface area contributed by atoms with Crippen LogP contribution < -0.4 is 31.5 Å². The zero-order chi connectivity index (χ0) is 46.3. The normalized spacial score (nSPS) is 13.0. The number of carbonyl (C=O) groups is 4. The molecule has 1 unspecified atom stereocenters. The second kappa shape index (κ2) is 27.2. The van der Waals surface area contributed by atoms with Gasteiger partial charge in [0.15, 0.2) is 0 Å². The lowest BCUT2D eigenvalue weighted by Gasteiger charge is -2.20. The molecular formula is C46H64ClN8O8P. The molecule has 0 bridgehead atoms. The monoisotopic (exact) mass is 922 g/mol. The van der Waals surface area contributed by atoms with E-state index in [0.717, 1.165) is 39.5 Å². The minimum Gasteiger partial charge on any atom is -0.403 e. The zero-order valence-corrected chi connectivity index (χ0v) is 38.6. The van der Waals surface area contributed by atoms with Gasteiger partial charge in [-0.15, -0.1) is 0 Å². The Hall–Kier alpha value is -5.22. The minimum atomic E-state index is -4.30. The van der Waals surface area contributed by atoms with E-state index in [4.69, 9.17) is 26.4 Å². The Balaban J connectivity index is 0.00000118. The van der Waals surface area contributed by atoms with Crippen LogP contribution in [0, 0.1) is 0 Å². The number of rotatable bonds is 26. The van der Waals surface area contributed by atoms with Crippen molar-refractivity contribution < 1.29 is 37.7 Å². The lowest BCUT2D eigenvalue weighted by atomic mass is 10.0. The van der Waals surface area contributed by atoms with Gasteiger partial charge >= 0.3 is 7.82 Å². The maximum atomic E-state index is 13.4. The van der Waals surface area contributed by atoms with E-state index in [2.05, 4.69) is 56.9 Å². The molecule has 2 aromatic heterocycles. The molecule has 3 atom stereocenters. The molecule has 0 saturated heterocycles. The van der Waals surface area contributed by atoms with Crippen LogP contribution in [0.4, 0.5) is 0 Å². The number of halogens is 1. The molecule has 0 radical (unpaired) electrons. The average molecular weight is 923 g/mol. The number of unbranched alkanes of at least 4 members (excludes halogenated alkanes) is 3. The summed E-state index contributed by atoms with van der Waals surface area (Å²) in [5.41, 5.74) is 9.83. The first-order valence-electron chi connectivity index (χ1n) is 21.9. The summed E-state index contributed by atoms with van der Waals surface area (Å²) in [6.07, 6.45) is 5.32. The van der Waals surface area contributed by atoms with Crippen molar-refractivity contribution in [2.75, 3.05) is 45.9 Å². The Morgan fingerprint density at radius 3 is 2.19 bits per heavy atom. The molecule has 5 rings (SSSR count). The second-order valence-electron chi connectivity index (χ2n) is 15.2. The maximum Gasteiger partial charge on any atom is 0.527 e. The second-order valence-corrected chi connectivity index (χ2v) is 17.0. The number of nitrogens with zero attached hydrogens (tertiary/aromatic N) is 1. The van der Waals surface area contributed by atoms with Crippen LogP contribution in [0.5, 0.6) is 5.75 Å². The number of hydrogen-bond acceptors (Lipinski definition) is 9. The molecular weight excluding hydrogens is 859 g/mol. The first-order valence-corrected chi connectivity index (χ1v) is 23.8. The van der Waals surface area contributed by atoms with Gasteiger partial charge in [-0.05, 0) is 80.2 Å². The highest BCUT2D eigenvalue weighted by molar-refractivity contribution is 7.47. The number of carbonyl (C=O) groups excluding carboxylic acids is 4. The molecule has 18 heteroatoms. The summed E-state index contributed by atoms with van der Waals surface area (Å²) < 4.78 is 22.1. The van der Waals surface area contributed by atoms with Crippen molar-refractivity contribution >= 4 is 64.9 Å². The summed E-state index contributed by atoms with van der Waals surface area (Å²) in [5.74, 6) is -1.49. The van der Waals surface area contributed by atoms with Crippen LogP contribution in [0.1, 0.15) is 70.6 Å². The number of hydrogen-bond donors (Lipinski definition) is 8. The number of aromatic amines is 2. The number of phosphoric ester groups is 1. The summed E-state index contributed by atoms with van der Waals surface area (Å²) in [7, 11) is -4.30. The number of fused-ring (bicyclic) bond motifs is 2. The molecule has 4 amide bonds. The van der Waals surface area contributed by atoms with E-state index in [0.29, 0.717) is 32.2 Å². The number of benzene rings is 3. The van der Waals surface area contributed by atoms with Crippen molar-refractivity contribution in [3.8, 4) is 5.75 Å². The van der Waals surface area contributed by atoms with Gasteiger partial charge in [0.1, 0.15) is 11.8 Å². The number of aromatic nitrogens is 2. The number of nitrogens with two attached hydrogens (primary N) is 1. The van der Waals surface area contributed by atoms with Gasteiger partial charge in [0.25, 0.3) is 0 Å². The molecule has 2 heterocycles. The molecule has 0 aliphatic heterocycles. The molecule has 0 aliphatic rings. The summed E-state index contributed by atoms with van der Waals surface area (Å²) in [6.45, 7) is 10.5. The fraction of sp³-hybridized carbons (Fsp3) is 0.435. The van der Waals surface area contributed by atoms with E-state index >= 15 is 0 Å². The third-order valence-corrected chi connectivity index (χ3v) is 11.7. The molecule has 5 aromatic rings. The highest BCUT2D eigenvalue weighted by Gasteiger charge is 2.26. The number of amides is 4. The van der Waals surface area contributed by atoms with Crippen LogP contribution in [0.3, 0.4) is 0 Å². The largest absolute Gasteiger partial charge is 0.527 e. The lowest BCUT2D eigenvalue weighted by molar-refractivity contribution is -0.129. The van der Waals surface area contributed by atoms with E-state index in [9.17, 15) is 28.6 Å². The van der Waals surface area contributed by atoms with Gasteiger partial charge < -0.3 is 46.4 Å². The first kappa shape index (κ1) is 51.4. The van der Waals surface area contributed by atoms with Gasteiger partial charge in [0, 0.05) is 60.7 Å². The molecule has 348 valence electrons. The van der Waals surface area contributed by atoms with E-state index in [1.807, 2.05) is 60.8 Å². The maximum absolute atomic E-state index is 13.4. The number of para-hydroxylation sites is 3. The number of H-pyrrole nitrogens is 2. The molecule has 16 nitrogen and oxygen atoms in total. The summed E-state index contributed by atoms with van der Waals surface area (Å²) >= 11 is 5.94. The predicted octanol–water partition coefficient (Wildman–Crippen LogP) is 6.13. The van der Waals surface area contributed by atoms with Crippen LogP contribution >= 0.6 is 19.4 Å². The van der Waals surface area contributed by atoms with Gasteiger partial charge in [-0.2, -0.15) is 0 Å². The average Bonchev–Trinajstić information content (AvgIpc) is 3.90. The number of phosphoric acid groups is 1. The summed E-state index contributed by atoms with van der Waals surface area (Å²) in [6, 6.07) is 21.9. The van der Waals surface area contributed by atoms with Crippen molar-refractivity contribution in [2.45, 2.75) is 84.2 Å². The van der Waals surface area contributed by atoms with E-state index < -0.39 is 31.7 Å². The predicted molar refractivity (Wildman–Crippen MR) is 252 cm³/mol. The standard InChI is InChI=1S/C40H49ClN7O8P.C6H15N/c41-31-14-5-8-17-36(31)56-57(53,54)55-21-10-2-1-9-19-43-38(50)26-46-37(49)18-11-20-44-40(52)35(23-28-25-45-34-16-7-4-13-30(28)34)48-39(51)32(42)24-29-22-27-12-3-6-15-33(27)47-29;1-4-7(5-2)6-3/h3-8,12-17,22,25,32,35,45,47H,1-2,9-11,18-21,23-24,26,42H2,(H,43,50)(H,44,52)(H,46,49)(H,48,51)(H,53,54);4-6H2,1-3H3/t32-,35+;/m0./s1. The van der Waals surface area contributed by atoms with Crippen LogP contribution in [-0.4, -0.2) is 101 Å². The third kappa shape index (κ3) is 17.7. The van der Waals surface area contributed by atoms with Gasteiger partial charge in [-0.25, -0.2) is 4.57 Å². The lowest BCUT2D eigenvalue weighted by Crippen LogP contribution is -2.53. The molecule has 9 N–H and O–H groups in total. The Kier molecular flexibility index (Phi) is 21.8.